The summed E-state index contributed by atoms with van der Waals surface area (Å²) in [7, 11) is 0. The number of rotatable bonds is 1. The molecule has 0 aromatic heterocycles. The summed E-state index contributed by atoms with van der Waals surface area (Å²) >= 11 is 0. The van der Waals surface area contributed by atoms with Crippen molar-refractivity contribution in [3.8, 4) is 17.2 Å². The average molecular weight is 319 g/mol. The Bertz CT molecular complexity index is 758. The zero-order chi connectivity index (χ0) is 16.7. The molecule has 0 heterocycles. The van der Waals surface area contributed by atoms with Crippen molar-refractivity contribution in [2.75, 3.05) is 0 Å². The van der Waals surface area contributed by atoms with Crippen LogP contribution in [0.2, 0.25) is 0 Å². The van der Waals surface area contributed by atoms with Crippen LogP contribution in [-0.2, 0) is 6.18 Å². The molecule has 2 rings (SSSR count). The minimum absolute atomic E-state index is 0.516. The van der Waals surface area contributed by atoms with Crippen LogP contribution in [0.3, 0.4) is 0 Å². The van der Waals surface area contributed by atoms with Crippen LogP contribution in [0.15, 0.2) is 24.3 Å². The second kappa shape index (κ2) is 5.33. The smallest absolute Gasteiger partial charge is 0.203 e. The van der Waals surface area contributed by atoms with Gasteiger partial charge in [0.15, 0.2) is 23.3 Å². The van der Waals surface area contributed by atoms with Crippen LogP contribution in [-0.4, -0.2) is 0 Å². The Balaban J connectivity index is 2.90. The van der Waals surface area contributed by atoms with Crippen molar-refractivity contribution in [1.29, 1.82) is 5.26 Å². The van der Waals surface area contributed by atoms with Gasteiger partial charge in [0.1, 0.15) is 11.6 Å². The van der Waals surface area contributed by atoms with Gasteiger partial charge in [-0.05, 0) is 11.6 Å². The van der Waals surface area contributed by atoms with E-state index in [4.69, 9.17) is 5.26 Å². The maximum absolute atomic E-state index is 13.8. The highest BCUT2D eigenvalue weighted by atomic mass is 19.4. The molecule has 114 valence electrons. The van der Waals surface area contributed by atoms with Crippen LogP contribution in [0.4, 0.5) is 30.7 Å². The third-order valence-electron chi connectivity index (χ3n) is 2.88. The first-order valence-electron chi connectivity index (χ1n) is 5.62. The Morgan fingerprint density at radius 1 is 0.818 bits per heavy atom. The summed E-state index contributed by atoms with van der Waals surface area (Å²) in [5, 5.41) is 8.45. The topological polar surface area (TPSA) is 23.8 Å². The minimum atomic E-state index is -4.99. The van der Waals surface area contributed by atoms with Crippen molar-refractivity contribution in [2.45, 2.75) is 6.18 Å². The lowest BCUT2D eigenvalue weighted by molar-refractivity contribution is -0.137. The highest BCUT2D eigenvalue weighted by molar-refractivity contribution is 5.70. The zero-order valence-electron chi connectivity index (χ0n) is 10.4. The summed E-state index contributed by atoms with van der Waals surface area (Å²) in [6, 6.07) is 4.09. The molecule has 22 heavy (non-hydrogen) atoms. The molecule has 1 nitrogen and oxygen atoms in total. The number of hydrogen-bond donors (Lipinski definition) is 0. The van der Waals surface area contributed by atoms with Gasteiger partial charge in [0.05, 0.1) is 11.1 Å². The monoisotopic (exact) mass is 319 g/mol. The van der Waals surface area contributed by atoms with Gasteiger partial charge in [-0.2, -0.15) is 18.4 Å². The fourth-order valence-corrected chi connectivity index (χ4v) is 1.91. The quantitative estimate of drug-likeness (QED) is 0.547. The molecule has 2 aromatic carbocycles. The van der Waals surface area contributed by atoms with Crippen LogP contribution >= 0.6 is 0 Å². The van der Waals surface area contributed by atoms with Crippen LogP contribution in [0, 0.1) is 34.6 Å². The van der Waals surface area contributed by atoms with Gasteiger partial charge in [0, 0.05) is 0 Å². The van der Waals surface area contributed by atoms with Crippen molar-refractivity contribution in [2.24, 2.45) is 0 Å². The maximum atomic E-state index is 13.8. The number of hydrogen-bond acceptors (Lipinski definition) is 1. The summed E-state index contributed by atoms with van der Waals surface area (Å²) in [5.41, 5.74) is -5.58. The molecular weight excluding hydrogens is 315 g/mol. The van der Waals surface area contributed by atoms with E-state index < -0.39 is 51.7 Å². The van der Waals surface area contributed by atoms with Crippen LogP contribution in [0.1, 0.15) is 11.1 Å². The fourth-order valence-electron chi connectivity index (χ4n) is 1.91. The third-order valence-corrected chi connectivity index (χ3v) is 2.88. The summed E-state index contributed by atoms with van der Waals surface area (Å²) in [4.78, 5) is 0. The second-order valence-electron chi connectivity index (χ2n) is 4.16. The molecule has 0 bridgehead atoms. The summed E-state index contributed by atoms with van der Waals surface area (Å²) in [6.07, 6.45) is -4.99. The maximum Gasteiger partial charge on any atom is 0.417 e. The molecule has 0 unspecified atom stereocenters. The van der Waals surface area contributed by atoms with E-state index in [9.17, 15) is 30.7 Å². The van der Waals surface area contributed by atoms with Gasteiger partial charge < -0.3 is 0 Å². The Morgan fingerprint density at radius 3 is 1.77 bits per heavy atom. The lowest BCUT2D eigenvalue weighted by Crippen LogP contribution is -2.10. The van der Waals surface area contributed by atoms with Gasteiger partial charge in [0.25, 0.3) is 0 Å². The number of halogens is 7. The minimum Gasteiger partial charge on any atom is -0.203 e. The van der Waals surface area contributed by atoms with Gasteiger partial charge >= 0.3 is 6.18 Å². The Labute approximate surface area is 119 Å². The number of nitrogens with zero attached hydrogens (tertiary/aromatic N) is 1. The van der Waals surface area contributed by atoms with E-state index in [2.05, 4.69) is 0 Å². The van der Waals surface area contributed by atoms with Crippen LogP contribution in [0.25, 0.3) is 11.1 Å². The Kier molecular flexibility index (Phi) is 3.83. The molecule has 0 saturated heterocycles. The molecule has 2 aromatic rings. The molecule has 0 N–H and O–H groups in total. The van der Waals surface area contributed by atoms with E-state index >= 15 is 0 Å². The molecule has 0 radical (unpaired) electrons. The number of benzene rings is 2. The molecule has 0 aliphatic carbocycles. The van der Waals surface area contributed by atoms with E-state index in [-0.39, 0.29) is 0 Å². The molecule has 0 fully saturated rings. The van der Waals surface area contributed by atoms with E-state index in [1.165, 1.54) is 0 Å². The van der Waals surface area contributed by atoms with Crippen molar-refractivity contribution >= 4 is 0 Å². The van der Waals surface area contributed by atoms with E-state index in [0.29, 0.717) is 12.1 Å². The molecule has 0 aliphatic rings. The van der Waals surface area contributed by atoms with Gasteiger partial charge in [-0.1, -0.05) is 18.2 Å². The van der Waals surface area contributed by atoms with Crippen LogP contribution < -0.4 is 0 Å². The first-order chi connectivity index (χ1) is 10.2. The third kappa shape index (κ3) is 2.39. The molecule has 0 aliphatic heterocycles. The van der Waals surface area contributed by atoms with Gasteiger partial charge in [0.2, 0.25) is 0 Å². The first-order valence-corrected chi connectivity index (χ1v) is 5.62. The molecule has 0 saturated carbocycles. The lowest BCUT2D eigenvalue weighted by atomic mass is 9.96. The summed E-state index contributed by atoms with van der Waals surface area (Å²) in [5.74, 6) is -8.22. The van der Waals surface area contributed by atoms with E-state index in [1.807, 2.05) is 0 Å². The van der Waals surface area contributed by atoms with Crippen LogP contribution in [0.5, 0.6) is 0 Å². The van der Waals surface area contributed by atoms with Crippen molar-refractivity contribution in [3.63, 3.8) is 0 Å². The Hall–Kier alpha value is -2.56. The largest absolute Gasteiger partial charge is 0.417 e. The van der Waals surface area contributed by atoms with Crippen molar-refractivity contribution in [3.05, 3.63) is 58.7 Å². The second-order valence-corrected chi connectivity index (χ2v) is 4.16. The predicted octanol–water partition coefficient (Wildman–Crippen LogP) is 4.80. The molecule has 8 heteroatoms. The fraction of sp³-hybridized carbons (Fsp3) is 0.0714. The predicted molar refractivity (Wildman–Crippen MR) is 61.4 cm³/mol. The summed E-state index contributed by atoms with van der Waals surface area (Å²) < 4.78 is 93.3. The highest BCUT2D eigenvalue weighted by Crippen LogP contribution is 2.40. The molecule has 0 atom stereocenters. The zero-order valence-corrected chi connectivity index (χ0v) is 10.4. The van der Waals surface area contributed by atoms with Crippen molar-refractivity contribution < 1.29 is 30.7 Å². The Morgan fingerprint density at radius 2 is 1.32 bits per heavy atom. The van der Waals surface area contributed by atoms with Gasteiger partial charge in [-0.25, -0.2) is 17.6 Å². The SMILES string of the molecule is N#Cc1c(F)c(F)c(-c2ccccc2C(F)(F)F)c(F)c1F. The normalized spacial score (nSPS) is 11.4. The highest BCUT2D eigenvalue weighted by Gasteiger charge is 2.36. The number of nitriles is 1. The number of alkyl halides is 3. The standard InChI is InChI=1S/C14H4F7N/c15-10-7(5-22)11(16)13(18)9(12(10)17)6-3-1-2-4-8(6)14(19,20)21/h1-4H. The van der Waals surface area contributed by atoms with Gasteiger partial charge in [-0.15, -0.1) is 0 Å². The average Bonchev–Trinajstić information content (AvgIpc) is 2.46. The van der Waals surface area contributed by atoms with E-state index in [1.54, 1.807) is 0 Å². The molecule has 0 spiro atoms. The van der Waals surface area contributed by atoms with Crippen molar-refractivity contribution in [1.82, 2.24) is 0 Å². The molecule has 0 amide bonds. The first kappa shape index (κ1) is 15.8. The summed E-state index contributed by atoms with van der Waals surface area (Å²) in [6.45, 7) is 0. The molecular formula is C14H4F7N. The van der Waals surface area contributed by atoms with Gasteiger partial charge in [-0.3, -0.25) is 0 Å². The van der Waals surface area contributed by atoms with E-state index in [0.717, 1.165) is 18.2 Å². The lowest BCUT2D eigenvalue weighted by Gasteiger charge is -2.15.